The lowest BCUT2D eigenvalue weighted by atomic mass is 9.93. The molecule has 7 heteroatoms. The maximum atomic E-state index is 13.7. The molecule has 2 N–H and O–H groups in total. The molecule has 1 aliphatic heterocycles. The predicted octanol–water partition coefficient (Wildman–Crippen LogP) is 6.59. The zero-order valence-electron chi connectivity index (χ0n) is 20.5. The third-order valence-corrected chi connectivity index (χ3v) is 6.90. The Morgan fingerprint density at radius 3 is 2.56 bits per heavy atom. The summed E-state index contributed by atoms with van der Waals surface area (Å²) < 4.78 is 5.77. The largest absolute Gasteiger partial charge is 0.507 e. The minimum Gasteiger partial charge on any atom is -0.507 e. The molecular formula is C29H28ClN3O3. The predicted molar refractivity (Wildman–Crippen MR) is 141 cm³/mol. The van der Waals surface area contributed by atoms with Crippen molar-refractivity contribution in [2.45, 2.75) is 39.8 Å². The number of aromatic nitrogens is 2. The van der Waals surface area contributed by atoms with Crippen LogP contribution in [0.4, 0.5) is 0 Å². The number of hydrogen-bond donors (Lipinski definition) is 2. The first-order chi connectivity index (χ1) is 17.4. The van der Waals surface area contributed by atoms with Crippen LogP contribution in [0, 0.1) is 13.8 Å². The van der Waals surface area contributed by atoms with E-state index in [9.17, 15) is 9.90 Å². The second-order valence-electron chi connectivity index (χ2n) is 9.18. The molecule has 3 aromatic carbocycles. The zero-order valence-corrected chi connectivity index (χ0v) is 21.3. The summed E-state index contributed by atoms with van der Waals surface area (Å²) in [5, 5.41) is 19.0. The highest BCUT2D eigenvalue weighted by atomic mass is 35.5. The molecule has 36 heavy (non-hydrogen) atoms. The highest BCUT2D eigenvalue weighted by Gasteiger charge is 2.43. The van der Waals surface area contributed by atoms with E-state index in [2.05, 4.69) is 17.1 Å². The molecular weight excluding hydrogens is 474 g/mol. The van der Waals surface area contributed by atoms with Gasteiger partial charge < -0.3 is 14.7 Å². The van der Waals surface area contributed by atoms with Crippen molar-refractivity contribution < 1.29 is 14.6 Å². The Morgan fingerprint density at radius 1 is 1.11 bits per heavy atom. The molecule has 184 valence electrons. The lowest BCUT2D eigenvalue weighted by molar-refractivity contribution is 0.0730. The molecule has 1 unspecified atom stereocenters. The van der Waals surface area contributed by atoms with E-state index in [1.165, 1.54) is 0 Å². The van der Waals surface area contributed by atoms with Crippen LogP contribution < -0.4 is 4.74 Å². The average molecular weight is 502 g/mol. The monoisotopic (exact) mass is 501 g/mol. The van der Waals surface area contributed by atoms with Crippen molar-refractivity contribution in [1.29, 1.82) is 0 Å². The molecule has 1 atom stereocenters. The molecule has 0 aliphatic carbocycles. The number of benzene rings is 3. The van der Waals surface area contributed by atoms with Gasteiger partial charge in [0.25, 0.3) is 5.91 Å². The number of phenolic OH excluding ortho intramolecular Hbond substituents is 1. The molecule has 0 spiro atoms. The van der Waals surface area contributed by atoms with E-state index in [0.717, 1.165) is 40.0 Å². The summed E-state index contributed by atoms with van der Waals surface area (Å²) >= 11 is 6.47. The van der Waals surface area contributed by atoms with Crippen LogP contribution in [0.1, 0.15) is 57.7 Å². The van der Waals surface area contributed by atoms with E-state index < -0.39 is 6.04 Å². The normalized spacial score (nSPS) is 14.8. The zero-order chi connectivity index (χ0) is 25.4. The summed E-state index contributed by atoms with van der Waals surface area (Å²) in [4.78, 5) is 15.5. The van der Waals surface area contributed by atoms with Crippen molar-refractivity contribution in [3.05, 3.63) is 99.2 Å². The second kappa shape index (κ2) is 9.70. The van der Waals surface area contributed by atoms with Gasteiger partial charge in [0.2, 0.25) is 0 Å². The number of carbonyl (C=O) groups is 1. The summed E-state index contributed by atoms with van der Waals surface area (Å²) in [5.74, 6) is 0.757. The van der Waals surface area contributed by atoms with Crippen LogP contribution in [-0.2, 0) is 6.54 Å². The number of aromatic amines is 1. The van der Waals surface area contributed by atoms with Crippen LogP contribution in [0.2, 0.25) is 5.02 Å². The molecule has 0 radical (unpaired) electrons. The van der Waals surface area contributed by atoms with Gasteiger partial charge in [-0.1, -0.05) is 54.9 Å². The van der Waals surface area contributed by atoms with Gasteiger partial charge in [-0.2, -0.15) is 5.10 Å². The topological polar surface area (TPSA) is 78.5 Å². The van der Waals surface area contributed by atoms with E-state index in [1.54, 1.807) is 11.0 Å². The molecule has 1 amide bonds. The van der Waals surface area contributed by atoms with Crippen LogP contribution in [0.15, 0.2) is 60.7 Å². The van der Waals surface area contributed by atoms with Crippen molar-refractivity contribution in [2.24, 2.45) is 0 Å². The summed E-state index contributed by atoms with van der Waals surface area (Å²) in [6, 6.07) is 18.7. The number of amides is 1. The molecule has 0 bridgehead atoms. The summed E-state index contributed by atoms with van der Waals surface area (Å²) in [7, 11) is 0. The van der Waals surface area contributed by atoms with Gasteiger partial charge in [-0.15, -0.1) is 0 Å². The van der Waals surface area contributed by atoms with Crippen molar-refractivity contribution in [1.82, 2.24) is 15.1 Å². The molecule has 6 nitrogen and oxygen atoms in total. The summed E-state index contributed by atoms with van der Waals surface area (Å²) in [5.41, 5.74) is 5.99. The van der Waals surface area contributed by atoms with Crippen LogP contribution >= 0.6 is 11.6 Å². The molecule has 4 aromatic rings. The quantitative estimate of drug-likeness (QED) is 0.299. The van der Waals surface area contributed by atoms with E-state index in [4.69, 9.17) is 16.3 Å². The lowest BCUT2D eigenvalue weighted by Gasteiger charge is -2.27. The standard InChI is InChI=1S/C29H28ClN3O3/c1-4-13-36-21-11-9-19(10-12-21)28-25-26(24-18(3)14-17(2)15-23(24)34)31-32-27(25)29(35)33(28)16-20-7-5-6-8-22(20)30/h5-12,14-15,28,34H,4,13,16H2,1-3H3,(H,31,32). The van der Waals surface area contributed by atoms with Gasteiger partial charge in [0, 0.05) is 22.7 Å². The van der Waals surface area contributed by atoms with Gasteiger partial charge in [0.05, 0.1) is 12.6 Å². The van der Waals surface area contributed by atoms with Crippen LogP contribution in [0.3, 0.4) is 0 Å². The van der Waals surface area contributed by atoms with Crippen LogP contribution in [0.25, 0.3) is 11.3 Å². The van der Waals surface area contributed by atoms with Crippen molar-refractivity contribution in [3.8, 4) is 22.8 Å². The van der Waals surface area contributed by atoms with Gasteiger partial charge in [0.1, 0.15) is 22.9 Å². The molecule has 2 heterocycles. The number of halogens is 1. The number of aryl methyl sites for hydroxylation is 2. The van der Waals surface area contributed by atoms with Gasteiger partial charge in [-0.05, 0) is 66.8 Å². The van der Waals surface area contributed by atoms with E-state index in [1.807, 2.05) is 68.4 Å². The third kappa shape index (κ3) is 4.22. The Bertz CT molecular complexity index is 1410. The SMILES string of the molecule is CCCOc1ccc(C2c3c(-c4c(C)cc(C)cc4O)n[nH]c3C(=O)N2Cc2ccccc2Cl)cc1. The van der Waals surface area contributed by atoms with Gasteiger partial charge in [0.15, 0.2) is 0 Å². The van der Waals surface area contributed by atoms with Crippen LogP contribution in [0.5, 0.6) is 11.5 Å². The molecule has 0 fully saturated rings. The van der Waals surface area contributed by atoms with Crippen LogP contribution in [-0.4, -0.2) is 32.7 Å². The first kappa shape index (κ1) is 23.9. The average Bonchev–Trinajstić information content (AvgIpc) is 3.38. The van der Waals surface area contributed by atoms with Crippen molar-refractivity contribution >= 4 is 17.5 Å². The third-order valence-electron chi connectivity index (χ3n) is 6.53. The first-order valence-electron chi connectivity index (χ1n) is 12.0. The van der Waals surface area contributed by atoms with Gasteiger partial charge >= 0.3 is 0 Å². The molecule has 1 aromatic heterocycles. The highest BCUT2D eigenvalue weighted by molar-refractivity contribution is 6.31. The smallest absolute Gasteiger partial charge is 0.273 e. The summed E-state index contributed by atoms with van der Waals surface area (Å²) in [6.07, 6.45) is 0.922. The van der Waals surface area contributed by atoms with Gasteiger partial charge in [-0.3, -0.25) is 9.89 Å². The highest BCUT2D eigenvalue weighted by Crippen LogP contribution is 2.46. The number of fused-ring (bicyclic) bond motifs is 1. The molecule has 5 rings (SSSR count). The van der Waals surface area contributed by atoms with Crippen molar-refractivity contribution in [3.63, 3.8) is 0 Å². The maximum Gasteiger partial charge on any atom is 0.273 e. The Morgan fingerprint density at radius 2 is 1.86 bits per heavy atom. The first-order valence-corrected chi connectivity index (χ1v) is 12.4. The summed E-state index contributed by atoms with van der Waals surface area (Å²) in [6.45, 7) is 6.91. The number of rotatable bonds is 7. The Labute approximate surface area is 215 Å². The molecule has 0 saturated heterocycles. The number of ether oxygens (including phenoxy) is 1. The number of hydrogen-bond acceptors (Lipinski definition) is 4. The minimum atomic E-state index is -0.419. The number of nitrogens with one attached hydrogen (secondary N) is 1. The molecule has 1 aliphatic rings. The Balaban J connectivity index is 1.64. The van der Waals surface area contributed by atoms with Gasteiger partial charge in [-0.25, -0.2) is 0 Å². The number of aromatic hydroxyl groups is 1. The fourth-order valence-corrected chi connectivity index (χ4v) is 5.12. The second-order valence-corrected chi connectivity index (χ2v) is 9.59. The number of nitrogens with zero attached hydrogens (tertiary/aromatic N) is 2. The number of H-pyrrole nitrogens is 1. The Kier molecular flexibility index (Phi) is 6.46. The fraction of sp³-hybridized carbons (Fsp3) is 0.241. The van der Waals surface area contributed by atoms with Crippen molar-refractivity contribution in [2.75, 3.05) is 6.61 Å². The lowest BCUT2D eigenvalue weighted by Crippen LogP contribution is -2.29. The maximum absolute atomic E-state index is 13.7. The van der Waals surface area contributed by atoms with E-state index in [-0.39, 0.29) is 11.7 Å². The van der Waals surface area contributed by atoms with E-state index in [0.29, 0.717) is 35.1 Å². The number of carbonyl (C=O) groups excluding carboxylic acids is 1. The Hall–Kier alpha value is -3.77. The fourth-order valence-electron chi connectivity index (χ4n) is 4.93. The minimum absolute atomic E-state index is 0.140. The number of phenols is 1. The molecule has 0 saturated carbocycles. The van der Waals surface area contributed by atoms with E-state index >= 15 is 0 Å².